The Morgan fingerprint density at radius 3 is 2.26 bits per heavy atom. The Bertz CT molecular complexity index is 1180. The Balaban J connectivity index is 1.95. The van der Waals surface area contributed by atoms with Crippen molar-refractivity contribution in [2.75, 3.05) is 24.5 Å². The number of sulfonamides is 1. The molecule has 9 heteroatoms. The molecule has 0 aliphatic heterocycles. The maximum absolute atomic E-state index is 13.6. The van der Waals surface area contributed by atoms with Crippen LogP contribution in [-0.2, 0) is 21.4 Å². The topological polar surface area (TPSA) is 92.7 Å². The minimum atomic E-state index is -4.13. The molecule has 0 aliphatic carbocycles. The largest absolute Gasteiger partial charge is 0.481 e. The first kappa shape index (κ1) is 25.2. The zero-order chi connectivity index (χ0) is 24.7. The van der Waals surface area contributed by atoms with Crippen LogP contribution in [0.5, 0.6) is 5.88 Å². The van der Waals surface area contributed by atoms with Crippen LogP contribution in [-0.4, -0.2) is 49.4 Å². The molecular weight excluding hydrogens is 452 g/mol. The molecule has 0 atom stereocenters. The number of anilines is 1. The van der Waals surface area contributed by atoms with E-state index in [9.17, 15) is 13.2 Å². The maximum Gasteiger partial charge on any atom is 0.282 e. The molecule has 2 aromatic heterocycles. The Labute approximate surface area is 201 Å². The molecule has 0 fully saturated rings. The summed E-state index contributed by atoms with van der Waals surface area (Å²) in [5, 5.41) is -0.133. The number of nitrogens with zero attached hydrogens (tertiary/aromatic N) is 4. The van der Waals surface area contributed by atoms with Crippen molar-refractivity contribution in [3.8, 4) is 5.88 Å². The standard InChI is InChI=1S/C25H30N4O4S/c1-5-28(17-20-9-7-6-8-10-20)25(30)18-29(22-12-13-23(33-4)26-16-22)34(31,32)24-14-11-21(15-27-24)19(2)3/h6-16,19H,5,17-18H2,1-4H3. The van der Waals surface area contributed by atoms with Gasteiger partial charge in [-0.1, -0.05) is 50.2 Å². The van der Waals surface area contributed by atoms with Crippen molar-refractivity contribution < 1.29 is 17.9 Å². The van der Waals surface area contributed by atoms with Gasteiger partial charge >= 0.3 is 0 Å². The molecule has 0 bridgehead atoms. The van der Waals surface area contributed by atoms with Crippen molar-refractivity contribution in [3.63, 3.8) is 0 Å². The van der Waals surface area contributed by atoms with Gasteiger partial charge in [-0.05, 0) is 36.1 Å². The third kappa shape index (κ3) is 5.91. The third-order valence-corrected chi connectivity index (χ3v) is 7.12. The maximum atomic E-state index is 13.6. The first-order valence-electron chi connectivity index (χ1n) is 11.1. The summed E-state index contributed by atoms with van der Waals surface area (Å²) < 4.78 is 33.4. The summed E-state index contributed by atoms with van der Waals surface area (Å²) >= 11 is 0. The van der Waals surface area contributed by atoms with E-state index >= 15 is 0 Å². The van der Waals surface area contributed by atoms with Crippen molar-refractivity contribution in [1.82, 2.24) is 14.9 Å². The van der Waals surface area contributed by atoms with Crippen molar-refractivity contribution in [2.24, 2.45) is 0 Å². The number of pyridine rings is 2. The molecule has 0 saturated carbocycles. The monoisotopic (exact) mass is 482 g/mol. The zero-order valence-corrected chi connectivity index (χ0v) is 20.7. The molecule has 0 aliphatic rings. The van der Waals surface area contributed by atoms with Crippen LogP contribution in [0, 0.1) is 0 Å². The fourth-order valence-corrected chi connectivity index (χ4v) is 4.68. The van der Waals surface area contributed by atoms with E-state index in [1.165, 1.54) is 19.4 Å². The quantitative estimate of drug-likeness (QED) is 0.436. The van der Waals surface area contributed by atoms with E-state index < -0.39 is 10.0 Å². The van der Waals surface area contributed by atoms with E-state index in [0.29, 0.717) is 19.0 Å². The first-order chi connectivity index (χ1) is 16.3. The predicted molar refractivity (Wildman–Crippen MR) is 131 cm³/mol. The number of hydrogen-bond donors (Lipinski definition) is 0. The SMILES string of the molecule is CCN(Cc1ccccc1)C(=O)CN(c1ccc(OC)nc1)S(=O)(=O)c1ccc(C(C)C)cn1. The normalized spacial score (nSPS) is 11.3. The van der Waals surface area contributed by atoms with Crippen molar-refractivity contribution >= 4 is 21.6 Å². The minimum Gasteiger partial charge on any atom is -0.481 e. The van der Waals surface area contributed by atoms with Gasteiger partial charge in [0.15, 0.2) is 5.03 Å². The lowest BCUT2D eigenvalue weighted by Crippen LogP contribution is -2.43. The molecule has 8 nitrogen and oxygen atoms in total. The summed E-state index contributed by atoms with van der Waals surface area (Å²) in [6.45, 7) is 6.30. The van der Waals surface area contributed by atoms with Crippen molar-refractivity contribution in [2.45, 2.75) is 38.3 Å². The van der Waals surface area contributed by atoms with Crippen LogP contribution < -0.4 is 9.04 Å². The van der Waals surface area contributed by atoms with Crippen LogP contribution in [0.4, 0.5) is 5.69 Å². The second-order valence-electron chi connectivity index (χ2n) is 8.05. The summed E-state index contributed by atoms with van der Waals surface area (Å²) in [7, 11) is -2.66. The van der Waals surface area contributed by atoms with Crippen LogP contribution >= 0.6 is 0 Å². The number of methoxy groups -OCH3 is 1. The lowest BCUT2D eigenvalue weighted by molar-refractivity contribution is -0.129. The van der Waals surface area contributed by atoms with Gasteiger partial charge in [-0.3, -0.25) is 9.10 Å². The van der Waals surface area contributed by atoms with Gasteiger partial charge in [0.2, 0.25) is 11.8 Å². The number of aromatic nitrogens is 2. The fraction of sp³-hybridized carbons (Fsp3) is 0.320. The van der Waals surface area contributed by atoms with Gasteiger partial charge < -0.3 is 9.64 Å². The first-order valence-corrected chi connectivity index (χ1v) is 12.5. The van der Waals surface area contributed by atoms with E-state index in [0.717, 1.165) is 15.4 Å². The minimum absolute atomic E-state index is 0.133. The molecule has 2 heterocycles. The van der Waals surface area contributed by atoms with Crippen LogP contribution in [0.2, 0.25) is 0 Å². The van der Waals surface area contributed by atoms with Crippen LogP contribution in [0.1, 0.15) is 37.8 Å². The summed E-state index contributed by atoms with van der Waals surface area (Å²) in [5.41, 5.74) is 2.14. The summed E-state index contributed by atoms with van der Waals surface area (Å²) in [6, 6.07) is 15.9. The van der Waals surface area contributed by atoms with E-state index in [1.807, 2.05) is 51.1 Å². The summed E-state index contributed by atoms with van der Waals surface area (Å²) in [5.74, 6) is 0.222. The Morgan fingerprint density at radius 1 is 1.00 bits per heavy atom. The second-order valence-corrected chi connectivity index (χ2v) is 9.86. The highest BCUT2D eigenvalue weighted by atomic mass is 32.2. The van der Waals surface area contributed by atoms with Crippen LogP contribution in [0.15, 0.2) is 72.0 Å². The molecule has 3 rings (SSSR count). The number of ether oxygens (including phenoxy) is 1. The molecule has 0 radical (unpaired) electrons. The molecular formula is C25H30N4O4S. The number of amides is 1. The van der Waals surface area contributed by atoms with E-state index in [4.69, 9.17) is 4.74 Å². The Kier molecular flexibility index (Phi) is 8.22. The molecule has 0 saturated heterocycles. The molecule has 34 heavy (non-hydrogen) atoms. The average Bonchev–Trinajstić information content (AvgIpc) is 2.86. The molecule has 3 aromatic rings. The van der Waals surface area contributed by atoms with Gasteiger partial charge in [0.25, 0.3) is 10.0 Å². The number of rotatable bonds is 10. The van der Waals surface area contributed by atoms with E-state index in [2.05, 4.69) is 9.97 Å². The zero-order valence-electron chi connectivity index (χ0n) is 19.9. The number of carbonyl (C=O) groups is 1. The molecule has 1 aromatic carbocycles. The van der Waals surface area contributed by atoms with Gasteiger partial charge in [0, 0.05) is 25.4 Å². The number of likely N-dealkylation sites (N-methyl/N-ethyl adjacent to an activating group) is 1. The van der Waals surface area contributed by atoms with Gasteiger partial charge in [-0.15, -0.1) is 0 Å². The molecule has 0 unspecified atom stereocenters. The molecule has 1 amide bonds. The van der Waals surface area contributed by atoms with E-state index in [1.54, 1.807) is 29.3 Å². The Morgan fingerprint density at radius 2 is 1.74 bits per heavy atom. The third-order valence-electron chi connectivity index (χ3n) is 5.43. The lowest BCUT2D eigenvalue weighted by atomic mass is 10.1. The number of benzene rings is 1. The van der Waals surface area contributed by atoms with Crippen LogP contribution in [0.3, 0.4) is 0 Å². The van der Waals surface area contributed by atoms with Crippen LogP contribution in [0.25, 0.3) is 0 Å². The molecule has 180 valence electrons. The van der Waals surface area contributed by atoms with Crippen molar-refractivity contribution in [3.05, 3.63) is 78.1 Å². The Hall–Kier alpha value is -3.46. The molecule has 0 spiro atoms. The van der Waals surface area contributed by atoms with Gasteiger partial charge in [-0.25, -0.2) is 9.97 Å². The highest BCUT2D eigenvalue weighted by Crippen LogP contribution is 2.25. The predicted octanol–water partition coefficient (Wildman–Crippen LogP) is 3.85. The van der Waals surface area contributed by atoms with Gasteiger partial charge in [0.05, 0.1) is 19.0 Å². The summed E-state index contributed by atoms with van der Waals surface area (Å²) in [6.07, 6.45) is 2.93. The van der Waals surface area contributed by atoms with Gasteiger partial charge in [0.1, 0.15) is 6.54 Å². The number of hydrogen-bond acceptors (Lipinski definition) is 6. The van der Waals surface area contributed by atoms with Crippen molar-refractivity contribution in [1.29, 1.82) is 0 Å². The lowest BCUT2D eigenvalue weighted by Gasteiger charge is -2.27. The fourth-order valence-electron chi connectivity index (χ4n) is 3.36. The highest BCUT2D eigenvalue weighted by Gasteiger charge is 2.30. The van der Waals surface area contributed by atoms with Gasteiger partial charge in [-0.2, -0.15) is 8.42 Å². The summed E-state index contributed by atoms with van der Waals surface area (Å²) in [4.78, 5) is 23.2. The molecule has 0 N–H and O–H groups in total. The smallest absolute Gasteiger partial charge is 0.282 e. The average molecular weight is 483 g/mol. The second kappa shape index (κ2) is 11.1. The highest BCUT2D eigenvalue weighted by molar-refractivity contribution is 7.92. The van der Waals surface area contributed by atoms with E-state index in [-0.39, 0.29) is 29.1 Å². The number of carbonyl (C=O) groups excluding carboxylic acids is 1.